The van der Waals surface area contributed by atoms with Crippen LogP contribution in [0.3, 0.4) is 0 Å². The van der Waals surface area contributed by atoms with E-state index in [9.17, 15) is 0 Å². The van der Waals surface area contributed by atoms with Gasteiger partial charge in [0.25, 0.3) is 0 Å². The van der Waals surface area contributed by atoms with Crippen LogP contribution in [0.1, 0.15) is 18.9 Å². The number of fused-ring (bicyclic) bond motifs is 2. The van der Waals surface area contributed by atoms with Crippen molar-refractivity contribution in [3.8, 4) is 0 Å². The van der Waals surface area contributed by atoms with Crippen molar-refractivity contribution in [2.45, 2.75) is 19.8 Å². The van der Waals surface area contributed by atoms with Gasteiger partial charge in [0.1, 0.15) is 0 Å². The number of benzene rings is 3. The molecule has 0 N–H and O–H groups in total. The van der Waals surface area contributed by atoms with Crippen molar-refractivity contribution >= 4 is 21.5 Å². The molecular formula is C17H16. The highest BCUT2D eigenvalue weighted by Gasteiger charge is 1.99. The first-order chi connectivity index (χ1) is 8.36. The monoisotopic (exact) mass is 220 g/mol. The molecule has 0 aliphatic rings. The van der Waals surface area contributed by atoms with Gasteiger partial charge in [-0.25, -0.2) is 0 Å². The highest BCUT2D eigenvalue weighted by molar-refractivity contribution is 5.98. The third-order valence-corrected chi connectivity index (χ3v) is 3.31. The Labute approximate surface area is 102 Å². The Hall–Kier alpha value is -1.82. The first kappa shape index (κ1) is 10.3. The summed E-state index contributed by atoms with van der Waals surface area (Å²) in [7, 11) is 0. The predicted molar refractivity (Wildman–Crippen MR) is 75.4 cm³/mol. The molecule has 0 radical (unpaired) electrons. The number of hydrogen-bond donors (Lipinski definition) is 0. The van der Waals surface area contributed by atoms with Crippen LogP contribution >= 0.6 is 0 Å². The maximum atomic E-state index is 2.32. The van der Waals surface area contributed by atoms with Crippen molar-refractivity contribution in [2.75, 3.05) is 0 Å². The molecule has 84 valence electrons. The van der Waals surface area contributed by atoms with E-state index in [1.807, 2.05) is 0 Å². The van der Waals surface area contributed by atoms with Gasteiger partial charge in [-0.05, 0) is 45.7 Å². The first-order valence-electron chi connectivity index (χ1n) is 6.28. The van der Waals surface area contributed by atoms with Gasteiger partial charge in [0.15, 0.2) is 0 Å². The molecule has 0 aliphatic carbocycles. The van der Waals surface area contributed by atoms with Gasteiger partial charge in [0.2, 0.25) is 0 Å². The number of hydrogen-bond acceptors (Lipinski definition) is 0. The van der Waals surface area contributed by atoms with Crippen LogP contribution in [0.5, 0.6) is 0 Å². The molecule has 0 nitrogen and oxygen atoms in total. The van der Waals surface area contributed by atoms with Gasteiger partial charge >= 0.3 is 0 Å². The lowest BCUT2D eigenvalue weighted by Gasteiger charge is -2.05. The van der Waals surface area contributed by atoms with Crippen LogP contribution in [0.4, 0.5) is 0 Å². The van der Waals surface area contributed by atoms with E-state index in [1.54, 1.807) is 0 Å². The minimum Gasteiger partial charge on any atom is -0.0651 e. The van der Waals surface area contributed by atoms with E-state index in [0.717, 1.165) is 0 Å². The zero-order valence-corrected chi connectivity index (χ0v) is 10.1. The van der Waals surface area contributed by atoms with Gasteiger partial charge < -0.3 is 0 Å². The largest absolute Gasteiger partial charge is 0.0651 e. The third kappa shape index (κ3) is 1.91. The SMILES string of the molecule is CCCc1ccc2cc3ccccc3cc2c1. The molecule has 0 heteroatoms. The minimum atomic E-state index is 1.17. The van der Waals surface area contributed by atoms with Crippen molar-refractivity contribution in [1.82, 2.24) is 0 Å². The van der Waals surface area contributed by atoms with Crippen LogP contribution < -0.4 is 0 Å². The lowest BCUT2D eigenvalue weighted by Crippen LogP contribution is -1.83. The maximum Gasteiger partial charge on any atom is -0.0175 e. The zero-order valence-electron chi connectivity index (χ0n) is 10.1. The standard InChI is InChI=1S/C17H16/c1-2-5-13-8-9-16-11-14-6-3-4-7-15(14)12-17(16)10-13/h3-4,6-12H,2,5H2,1H3. The fraction of sp³-hybridized carbons (Fsp3) is 0.176. The highest BCUT2D eigenvalue weighted by Crippen LogP contribution is 2.24. The predicted octanol–water partition coefficient (Wildman–Crippen LogP) is 4.95. The molecule has 0 unspecified atom stereocenters. The van der Waals surface area contributed by atoms with Crippen LogP contribution in [-0.2, 0) is 6.42 Å². The lowest BCUT2D eigenvalue weighted by molar-refractivity contribution is 0.924. The summed E-state index contributed by atoms with van der Waals surface area (Å²) in [5, 5.41) is 5.34. The molecule has 0 spiro atoms. The van der Waals surface area contributed by atoms with Gasteiger partial charge in [0.05, 0.1) is 0 Å². The normalized spacial score (nSPS) is 11.1. The molecule has 0 bridgehead atoms. The number of rotatable bonds is 2. The van der Waals surface area contributed by atoms with Crippen molar-refractivity contribution in [3.05, 3.63) is 60.2 Å². The second kappa shape index (κ2) is 4.21. The van der Waals surface area contributed by atoms with Crippen LogP contribution in [0.25, 0.3) is 21.5 Å². The van der Waals surface area contributed by atoms with E-state index in [4.69, 9.17) is 0 Å². The van der Waals surface area contributed by atoms with Crippen molar-refractivity contribution in [3.63, 3.8) is 0 Å². The summed E-state index contributed by atoms with van der Waals surface area (Å²) in [6.45, 7) is 2.23. The second-order valence-electron chi connectivity index (χ2n) is 4.63. The molecule has 0 heterocycles. The van der Waals surface area contributed by atoms with Gasteiger partial charge in [-0.2, -0.15) is 0 Å². The topological polar surface area (TPSA) is 0 Å². The van der Waals surface area contributed by atoms with Gasteiger partial charge in [-0.1, -0.05) is 55.8 Å². The van der Waals surface area contributed by atoms with E-state index < -0.39 is 0 Å². The van der Waals surface area contributed by atoms with Crippen LogP contribution in [0.2, 0.25) is 0 Å². The summed E-state index contributed by atoms with van der Waals surface area (Å²) >= 11 is 0. The summed E-state index contributed by atoms with van der Waals surface area (Å²) in [4.78, 5) is 0. The highest BCUT2D eigenvalue weighted by atomic mass is 14.0. The van der Waals surface area contributed by atoms with Gasteiger partial charge in [0, 0.05) is 0 Å². The summed E-state index contributed by atoms with van der Waals surface area (Å²) < 4.78 is 0. The average molecular weight is 220 g/mol. The summed E-state index contributed by atoms with van der Waals surface area (Å²) in [6, 6.07) is 19.9. The molecule has 0 aromatic heterocycles. The zero-order chi connectivity index (χ0) is 11.7. The van der Waals surface area contributed by atoms with E-state index in [-0.39, 0.29) is 0 Å². The Morgan fingerprint density at radius 2 is 1.35 bits per heavy atom. The smallest absolute Gasteiger partial charge is 0.0175 e. The molecule has 0 amide bonds. The molecule has 0 saturated heterocycles. The van der Waals surface area contributed by atoms with Crippen LogP contribution in [0.15, 0.2) is 54.6 Å². The molecule has 17 heavy (non-hydrogen) atoms. The average Bonchev–Trinajstić information content (AvgIpc) is 2.36. The van der Waals surface area contributed by atoms with Crippen LogP contribution in [-0.4, -0.2) is 0 Å². The molecule has 3 rings (SSSR count). The lowest BCUT2D eigenvalue weighted by atomic mass is 10.0. The Bertz CT molecular complexity index is 665. The molecule has 0 fully saturated rings. The Morgan fingerprint density at radius 3 is 2.06 bits per heavy atom. The summed E-state index contributed by atoms with van der Waals surface area (Å²) in [5.74, 6) is 0. The Kier molecular flexibility index (Phi) is 2.56. The van der Waals surface area contributed by atoms with Crippen LogP contribution in [0, 0.1) is 0 Å². The maximum absolute atomic E-state index is 2.32. The van der Waals surface area contributed by atoms with Crippen molar-refractivity contribution in [1.29, 1.82) is 0 Å². The van der Waals surface area contributed by atoms with E-state index in [0.29, 0.717) is 0 Å². The Balaban J connectivity index is 2.25. The van der Waals surface area contributed by atoms with E-state index >= 15 is 0 Å². The second-order valence-corrected chi connectivity index (χ2v) is 4.63. The molecular weight excluding hydrogens is 204 g/mol. The van der Waals surface area contributed by atoms with Crippen molar-refractivity contribution < 1.29 is 0 Å². The minimum absolute atomic E-state index is 1.17. The summed E-state index contributed by atoms with van der Waals surface area (Å²) in [6.07, 6.45) is 2.38. The summed E-state index contributed by atoms with van der Waals surface area (Å²) in [5.41, 5.74) is 1.44. The molecule has 3 aromatic carbocycles. The quantitative estimate of drug-likeness (QED) is 0.536. The third-order valence-electron chi connectivity index (χ3n) is 3.31. The fourth-order valence-electron chi connectivity index (χ4n) is 2.43. The number of aryl methyl sites for hydroxylation is 1. The molecule has 3 aromatic rings. The first-order valence-corrected chi connectivity index (χ1v) is 6.28. The fourth-order valence-corrected chi connectivity index (χ4v) is 2.43. The van der Waals surface area contributed by atoms with E-state index in [2.05, 4.69) is 61.5 Å². The van der Waals surface area contributed by atoms with Crippen molar-refractivity contribution in [2.24, 2.45) is 0 Å². The van der Waals surface area contributed by atoms with Gasteiger partial charge in [-0.3, -0.25) is 0 Å². The molecule has 0 aliphatic heterocycles. The van der Waals surface area contributed by atoms with E-state index in [1.165, 1.54) is 39.9 Å². The molecule has 0 saturated carbocycles. The van der Waals surface area contributed by atoms with Gasteiger partial charge in [-0.15, -0.1) is 0 Å². The Morgan fingerprint density at radius 1 is 0.706 bits per heavy atom. The molecule has 0 atom stereocenters.